The Hall–Kier alpha value is -1.34. The van der Waals surface area contributed by atoms with Gasteiger partial charge in [0.25, 0.3) is 40.5 Å². The Morgan fingerprint density at radius 3 is 0.694 bits per heavy atom. The molecule has 0 heterocycles. The maximum absolute atomic E-state index is 14.3. The van der Waals surface area contributed by atoms with Gasteiger partial charge < -0.3 is 0 Å². The van der Waals surface area contributed by atoms with E-state index in [-0.39, 0.29) is 36.5 Å². The first-order chi connectivity index (χ1) is 29.5. The third-order valence-corrected chi connectivity index (χ3v) is 16.1. The van der Waals surface area contributed by atoms with Gasteiger partial charge in [0.05, 0.1) is 26.4 Å². The lowest BCUT2D eigenvalue weighted by Crippen LogP contribution is -2.18. The normalized spacial score (nSPS) is 12.7. The van der Waals surface area contributed by atoms with Gasteiger partial charge in [0.1, 0.15) is 19.6 Å². The van der Waals surface area contributed by atoms with E-state index in [2.05, 4.69) is 27.7 Å². The van der Waals surface area contributed by atoms with Crippen LogP contribution in [0.25, 0.3) is 11.1 Å². The van der Waals surface area contributed by atoms with Crippen molar-refractivity contribution < 1.29 is 50.4 Å². The molecule has 0 amide bonds. The van der Waals surface area contributed by atoms with Crippen molar-refractivity contribution in [3.05, 3.63) is 34.3 Å². The molecule has 0 aliphatic heterocycles. The zero-order chi connectivity index (χ0) is 46.1. The smallest absolute Gasteiger partial charge is 0.266 e. The average molecular weight is 992 g/mol. The van der Waals surface area contributed by atoms with Gasteiger partial charge >= 0.3 is 0 Å². The molecule has 0 aliphatic rings. The third-order valence-electron chi connectivity index (χ3n) is 10.3. The highest BCUT2D eigenvalue weighted by atomic mass is 35.5. The number of unbranched alkanes of at least 4 members (excludes halogenated alkanes) is 20. The summed E-state index contributed by atoms with van der Waals surface area (Å²) in [6.45, 7) is 7.11. The Labute approximate surface area is 385 Å². The molecule has 0 saturated heterocycles. The molecule has 0 spiro atoms. The van der Waals surface area contributed by atoms with Crippen molar-refractivity contribution in [1.82, 2.24) is 0 Å². The van der Waals surface area contributed by atoms with Gasteiger partial charge in [-0.25, -0.2) is 0 Å². The minimum Gasteiger partial charge on any atom is -0.266 e. The summed E-state index contributed by atoms with van der Waals surface area (Å²) in [5.41, 5.74) is -1.69. The zero-order valence-electron chi connectivity index (χ0n) is 37.4. The molecule has 0 atom stereocenters. The van der Waals surface area contributed by atoms with Gasteiger partial charge in [-0.05, 0) is 49.9 Å². The van der Waals surface area contributed by atoms with Gasteiger partial charge in [-0.1, -0.05) is 179 Å². The number of rotatable bonds is 37. The van der Waals surface area contributed by atoms with Crippen LogP contribution in [0.3, 0.4) is 0 Å². The van der Waals surface area contributed by atoms with E-state index in [1.165, 1.54) is 0 Å². The standard InChI is InChI=1S/C44H72Cl2O12S4/c1-5-9-13-17-21-25-29-55-59(47,48)39-33-37(45)34-40(60(49,50)56-30-26-22-18-14-10-6-2)43(39)44-41(61(51,52)57-31-27-23-19-15-11-7-3)35-38(46)36-42(44)62(53,54)58-32-28-24-20-16-12-8-4/h33-36H,5-32H2,1-4H3. The molecule has 0 radical (unpaired) electrons. The SMILES string of the molecule is CCCCCCCCOS(=O)(=O)c1cc(Cl)cc(S(=O)(=O)OCCCCCCCC)c1-c1c(S(=O)(=O)OCCCCCCCC)cc(Cl)cc1S(=O)(=O)OCCCCCCCC. The summed E-state index contributed by atoms with van der Waals surface area (Å²) < 4.78 is 136. The highest BCUT2D eigenvalue weighted by molar-refractivity contribution is 7.88. The molecule has 2 aromatic carbocycles. The van der Waals surface area contributed by atoms with Crippen molar-refractivity contribution in [2.75, 3.05) is 26.4 Å². The van der Waals surface area contributed by atoms with Gasteiger partial charge in [-0.2, -0.15) is 33.7 Å². The van der Waals surface area contributed by atoms with Crippen LogP contribution in [0.2, 0.25) is 10.0 Å². The van der Waals surface area contributed by atoms with E-state index in [0.717, 1.165) is 127 Å². The number of hydrogen-bond acceptors (Lipinski definition) is 12. The van der Waals surface area contributed by atoms with Crippen LogP contribution in [0.15, 0.2) is 43.8 Å². The van der Waals surface area contributed by atoms with Crippen LogP contribution in [0.1, 0.15) is 182 Å². The summed E-state index contributed by atoms with van der Waals surface area (Å²) in [6.07, 6.45) is 19.3. The fraction of sp³-hybridized carbons (Fsp3) is 0.727. The van der Waals surface area contributed by atoms with Crippen LogP contribution in [-0.4, -0.2) is 60.1 Å². The molecule has 2 aromatic rings. The van der Waals surface area contributed by atoms with Gasteiger partial charge in [0, 0.05) is 21.2 Å². The molecule has 0 N–H and O–H groups in total. The lowest BCUT2D eigenvalue weighted by atomic mass is 10.1. The molecule has 0 fully saturated rings. The van der Waals surface area contributed by atoms with E-state index < -0.39 is 71.2 Å². The first-order valence-corrected chi connectivity index (χ1v) is 29.1. The summed E-state index contributed by atoms with van der Waals surface area (Å²) in [6, 6.07) is 3.60. The monoisotopic (exact) mass is 990 g/mol. The van der Waals surface area contributed by atoms with E-state index in [0.29, 0.717) is 51.4 Å². The van der Waals surface area contributed by atoms with Crippen LogP contribution < -0.4 is 0 Å². The Balaban J connectivity index is 2.91. The van der Waals surface area contributed by atoms with Crippen LogP contribution >= 0.6 is 23.2 Å². The second-order valence-electron chi connectivity index (χ2n) is 15.7. The van der Waals surface area contributed by atoms with Crippen molar-refractivity contribution >= 4 is 63.7 Å². The second-order valence-corrected chi connectivity index (χ2v) is 22.9. The van der Waals surface area contributed by atoms with Gasteiger partial charge in [0.2, 0.25) is 0 Å². The lowest BCUT2D eigenvalue weighted by molar-refractivity contribution is 0.303. The van der Waals surface area contributed by atoms with Crippen molar-refractivity contribution in [3.63, 3.8) is 0 Å². The fourth-order valence-electron chi connectivity index (χ4n) is 6.86. The quantitative estimate of drug-likeness (QED) is 0.0464. The minimum absolute atomic E-state index is 0.295. The summed E-state index contributed by atoms with van der Waals surface area (Å²) in [5, 5.41) is -0.752. The van der Waals surface area contributed by atoms with E-state index >= 15 is 0 Å². The van der Waals surface area contributed by atoms with E-state index in [1.54, 1.807) is 0 Å². The Kier molecular flexibility index (Phi) is 27.5. The van der Waals surface area contributed by atoms with Crippen LogP contribution in [0.4, 0.5) is 0 Å². The summed E-state index contributed by atoms with van der Waals surface area (Å²) in [5.74, 6) is 0. The summed E-state index contributed by atoms with van der Waals surface area (Å²) in [4.78, 5) is -3.56. The van der Waals surface area contributed by atoms with Crippen molar-refractivity contribution in [1.29, 1.82) is 0 Å². The van der Waals surface area contributed by atoms with Crippen LogP contribution in [-0.2, 0) is 57.2 Å². The van der Waals surface area contributed by atoms with Crippen molar-refractivity contribution in [2.45, 2.75) is 201 Å². The number of hydrogen-bond donors (Lipinski definition) is 0. The molecule has 2 rings (SSSR count). The van der Waals surface area contributed by atoms with E-state index in [9.17, 15) is 33.7 Å². The second kappa shape index (κ2) is 30.0. The van der Waals surface area contributed by atoms with Gasteiger partial charge in [-0.15, -0.1) is 0 Å². The van der Waals surface area contributed by atoms with E-state index in [1.807, 2.05) is 0 Å². The van der Waals surface area contributed by atoms with Crippen LogP contribution in [0.5, 0.6) is 0 Å². The fourth-order valence-corrected chi connectivity index (χ4v) is 12.5. The Morgan fingerprint density at radius 2 is 0.500 bits per heavy atom. The molecule has 62 heavy (non-hydrogen) atoms. The summed E-state index contributed by atoms with van der Waals surface area (Å²) in [7, 11) is -19.9. The largest absolute Gasteiger partial charge is 0.297 e. The average Bonchev–Trinajstić information content (AvgIpc) is 3.21. The van der Waals surface area contributed by atoms with Crippen molar-refractivity contribution in [2.24, 2.45) is 0 Å². The molecule has 0 aromatic heterocycles. The third kappa shape index (κ3) is 20.0. The molecule has 0 bridgehead atoms. The zero-order valence-corrected chi connectivity index (χ0v) is 42.2. The maximum Gasteiger partial charge on any atom is 0.297 e. The molecule has 0 aliphatic carbocycles. The summed E-state index contributed by atoms with van der Waals surface area (Å²) >= 11 is 13.0. The topological polar surface area (TPSA) is 173 Å². The predicted molar refractivity (Wildman–Crippen MR) is 248 cm³/mol. The first kappa shape index (κ1) is 56.8. The molecular formula is C44H72Cl2O12S4. The number of halogens is 2. The Bertz CT molecular complexity index is 1770. The van der Waals surface area contributed by atoms with Gasteiger partial charge in [-0.3, -0.25) is 16.7 Å². The molecule has 0 saturated carbocycles. The van der Waals surface area contributed by atoms with E-state index in [4.69, 9.17) is 39.9 Å². The lowest BCUT2D eigenvalue weighted by Gasteiger charge is -2.21. The predicted octanol–water partition coefficient (Wildman–Crippen LogP) is 12.9. The Morgan fingerprint density at radius 1 is 0.323 bits per heavy atom. The van der Waals surface area contributed by atoms with Gasteiger partial charge in [0.15, 0.2) is 0 Å². The molecule has 18 heteroatoms. The minimum atomic E-state index is -4.99. The first-order valence-electron chi connectivity index (χ1n) is 22.7. The molecule has 0 unspecified atom stereocenters. The molecular weight excluding hydrogens is 920 g/mol. The van der Waals surface area contributed by atoms with Crippen molar-refractivity contribution in [3.8, 4) is 11.1 Å². The highest BCUT2D eigenvalue weighted by Crippen LogP contribution is 2.46. The molecule has 12 nitrogen and oxygen atoms in total. The molecule has 358 valence electrons. The maximum atomic E-state index is 14.3. The van der Waals surface area contributed by atoms with Crippen LogP contribution in [0, 0.1) is 0 Å². The highest BCUT2D eigenvalue weighted by Gasteiger charge is 2.38. The number of benzene rings is 2.